The summed E-state index contributed by atoms with van der Waals surface area (Å²) in [7, 11) is 2.28. The Bertz CT molecular complexity index is 377. The number of benzene rings is 1. The number of piperidine rings is 1. The molecule has 0 bridgehead atoms. The monoisotopic (exact) mass is 292 g/mol. The van der Waals surface area contributed by atoms with Gasteiger partial charge in [-0.25, -0.2) is 0 Å². The summed E-state index contributed by atoms with van der Waals surface area (Å²) in [5.74, 6) is 1.24. The van der Waals surface area contributed by atoms with E-state index in [1.807, 2.05) is 11.8 Å². The van der Waals surface area contributed by atoms with E-state index in [2.05, 4.69) is 48.5 Å². The van der Waals surface area contributed by atoms with Gasteiger partial charge in [-0.05, 0) is 62.8 Å². The van der Waals surface area contributed by atoms with Crippen LogP contribution in [-0.2, 0) is 6.54 Å². The molecule has 112 valence electrons. The van der Waals surface area contributed by atoms with Crippen LogP contribution in [0.5, 0.6) is 0 Å². The van der Waals surface area contributed by atoms with E-state index in [1.165, 1.54) is 48.4 Å². The Labute approximate surface area is 128 Å². The number of thioether (sulfide) groups is 1. The van der Waals surface area contributed by atoms with Crippen LogP contribution in [0.4, 0.5) is 0 Å². The average molecular weight is 292 g/mol. The summed E-state index contributed by atoms with van der Waals surface area (Å²) in [6, 6.07) is 9.84. The zero-order valence-electron chi connectivity index (χ0n) is 12.9. The molecule has 2 nitrogen and oxygen atoms in total. The van der Waals surface area contributed by atoms with E-state index in [0.29, 0.717) is 0 Å². The SMILES string of the molecule is CCNCc1ccc(SCCC2CCCCN2C)cc1. The molecule has 1 aliphatic rings. The zero-order valence-corrected chi connectivity index (χ0v) is 13.7. The normalized spacial score (nSPS) is 20.2. The highest BCUT2D eigenvalue weighted by Gasteiger charge is 2.18. The molecule has 0 radical (unpaired) electrons. The molecule has 1 fully saturated rings. The number of hydrogen-bond donors (Lipinski definition) is 1. The van der Waals surface area contributed by atoms with Gasteiger partial charge in [-0.3, -0.25) is 0 Å². The molecular weight excluding hydrogens is 264 g/mol. The minimum Gasteiger partial charge on any atom is -0.313 e. The first-order valence-electron chi connectivity index (χ1n) is 7.92. The largest absolute Gasteiger partial charge is 0.313 e. The first-order valence-corrected chi connectivity index (χ1v) is 8.91. The number of nitrogens with one attached hydrogen (secondary N) is 1. The van der Waals surface area contributed by atoms with Gasteiger partial charge in [0.05, 0.1) is 0 Å². The Morgan fingerprint density at radius 1 is 1.25 bits per heavy atom. The molecule has 1 aliphatic heterocycles. The second-order valence-corrected chi connectivity index (χ2v) is 6.86. The van der Waals surface area contributed by atoms with Gasteiger partial charge in [0, 0.05) is 17.5 Å². The van der Waals surface area contributed by atoms with Gasteiger partial charge in [0.1, 0.15) is 0 Å². The van der Waals surface area contributed by atoms with Crippen LogP contribution < -0.4 is 5.32 Å². The molecular formula is C17H28N2S. The van der Waals surface area contributed by atoms with Crippen LogP contribution in [0.2, 0.25) is 0 Å². The van der Waals surface area contributed by atoms with Gasteiger partial charge in [0.25, 0.3) is 0 Å². The molecule has 3 heteroatoms. The third-order valence-electron chi connectivity index (χ3n) is 4.14. The molecule has 1 heterocycles. The molecule has 20 heavy (non-hydrogen) atoms. The molecule has 1 N–H and O–H groups in total. The van der Waals surface area contributed by atoms with Crippen molar-refractivity contribution in [3.63, 3.8) is 0 Å². The Balaban J connectivity index is 1.70. The Kier molecular flexibility index (Phi) is 6.91. The van der Waals surface area contributed by atoms with Gasteiger partial charge in [-0.2, -0.15) is 0 Å². The minimum atomic E-state index is 0.810. The van der Waals surface area contributed by atoms with E-state index in [0.717, 1.165) is 19.1 Å². The van der Waals surface area contributed by atoms with Gasteiger partial charge in [-0.1, -0.05) is 25.5 Å². The van der Waals surface area contributed by atoms with Crippen LogP contribution in [0, 0.1) is 0 Å². The summed E-state index contributed by atoms with van der Waals surface area (Å²) in [5, 5.41) is 3.36. The number of nitrogens with zero attached hydrogens (tertiary/aromatic N) is 1. The van der Waals surface area contributed by atoms with Crippen molar-refractivity contribution < 1.29 is 0 Å². The lowest BCUT2D eigenvalue weighted by atomic mass is 10.0. The smallest absolute Gasteiger partial charge is 0.0205 e. The van der Waals surface area contributed by atoms with Gasteiger partial charge in [0.15, 0.2) is 0 Å². The predicted molar refractivity (Wildman–Crippen MR) is 89.4 cm³/mol. The van der Waals surface area contributed by atoms with Crippen molar-refractivity contribution in [3.05, 3.63) is 29.8 Å². The lowest BCUT2D eigenvalue weighted by Gasteiger charge is -2.32. The molecule has 1 saturated heterocycles. The van der Waals surface area contributed by atoms with Crippen molar-refractivity contribution in [2.45, 2.75) is 50.1 Å². The van der Waals surface area contributed by atoms with Crippen molar-refractivity contribution in [2.24, 2.45) is 0 Å². The lowest BCUT2D eigenvalue weighted by Crippen LogP contribution is -2.36. The first-order chi connectivity index (χ1) is 9.79. The fourth-order valence-corrected chi connectivity index (χ4v) is 3.75. The van der Waals surface area contributed by atoms with Gasteiger partial charge < -0.3 is 10.2 Å². The lowest BCUT2D eigenvalue weighted by molar-refractivity contribution is 0.182. The Hall–Kier alpha value is -0.510. The molecule has 1 unspecified atom stereocenters. The molecule has 1 aromatic carbocycles. The van der Waals surface area contributed by atoms with Crippen LogP contribution in [-0.4, -0.2) is 36.8 Å². The van der Waals surface area contributed by atoms with Crippen molar-refractivity contribution >= 4 is 11.8 Å². The third kappa shape index (κ3) is 5.12. The summed E-state index contributed by atoms with van der Waals surface area (Å²) in [6.07, 6.45) is 5.51. The maximum Gasteiger partial charge on any atom is 0.0205 e. The summed E-state index contributed by atoms with van der Waals surface area (Å²) >= 11 is 2.00. The van der Waals surface area contributed by atoms with Crippen LogP contribution in [0.25, 0.3) is 0 Å². The van der Waals surface area contributed by atoms with Gasteiger partial charge in [0.2, 0.25) is 0 Å². The Morgan fingerprint density at radius 2 is 2.05 bits per heavy atom. The zero-order chi connectivity index (χ0) is 14.2. The van der Waals surface area contributed by atoms with E-state index < -0.39 is 0 Å². The second-order valence-electron chi connectivity index (χ2n) is 5.69. The number of likely N-dealkylation sites (tertiary alicyclic amines) is 1. The first kappa shape index (κ1) is 15.9. The van der Waals surface area contributed by atoms with Crippen LogP contribution in [0.1, 0.15) is 38.2 Å². The van der Waals surface area contributed by atoms with Crippen molar-refractivity contribution in [1.82, 2.24) is 10.2 Å². The maximum absolute atomic E-state index is 3.36. The summed E-state index contributed by atoms with van der Waals surface area (Å²) in [4.78, 5) is 3.95. The maximum atomic E-state index is 3.36. The highest BCUT2D eigenvalue weighted by molar-refractivity contribution is 7.99. The molecule has 0 saturated carbocycles. The third-order valence-corrected chi connectivity index (χ3v) is 5.19. The molecule has 1 atom stereocenters. The summed E-state index contributed by atoms with van der Waals surface area (Å²) in [6.45, 7) is 5.45. The number of rotatable bonds is 7. The van der Waals surface area contributed by atoms with Crippen LogP contribution >= 0.6 is 11.8 Å². The fraction of sp³-hybridized carbons (Fsp3) is 0.647. The van der Waals surface area contributed by atoms with E-state index in [-0.39, 0.29) is 0 Å². The van der Waals surface area contributed by atoms with Crippen LogP contribution in [0.15, 0.2) is 29.2 Å². The number of hydrogen-bond acceptors (Lipinski definition) is 3. The van der Waals surface area contributed by atoms with E-state index >= 15 is 0 Å². The molecule has 2 rings (SSSR count). The quantitative estimate of drug-likeness (QED) is 0.770. The van der Waals surface area contributed by atoms with E-state index in [9.17, 15) is 0 Å². The summed E-state index contributed by atoms with van der Waals surface area (Å²) < 4.78 is 0. The van der Waals surface area contributed by atoms with Crippen LogP contribution in [0.3, 0.4) is 0 Å². The Morgan fingerprint density at radius 3 is 2.75 bits per heavy atom. The standard InChI is InChI=1S/C17H28N2S/c1-3-18-14-15-7-9-17(10-8-15)20-13-11-16-6-4-5-12-19(16)2/h7-10,16,18H,3-6,11-14H2,1-2H3. The van der Waals surface area contributed by atoms with Crippen molar-refractivity contribution in [3.8, 4) is 0 Å². The van der Waals surface area contributed by atoms with Gasteiger partial charge >= 0.3 is 0 Å². The highest BCUT2D eigenvalue weighted by atomic mass is 32.2. The minimum absolute atomic E-state index is 0.810. The highest BCUT2D eigenvalue weighted by Crippen LogP contribution is 2.24. The average Bonchev–Trinajstić information content (AvgIpc) is 2.48. The van der Waals surface area contributed by atoms with Crippen molar-refractivity contribution in [2.75, 3.05) is 25.9 Å². The predicted octanol–water partition coefficient (Wildman–Crippen LogP) is 3.76. The van der Waals surface area contributed by atoms with Crippen molar-refractivity contribution in [1.29, 1.82) is 0 Å². The van der Waals surface area contributed by atoms with E-state index in [4.69, 9.17) is 0 Å². The molecule has 0 aliphatic carbocycles. The second kappa shape index (κ2) is 8.71. The summed E-state index contributed by atoms with van der Waals surface area (Å²) in [5.41, 5.74) is 1.38. The molecule has 0 aromatic heterocycles. The molecule has 0 spiro atoms. The molecule has 0 amide bonds. The van der Waals surface area contributed by atoms with Gasteiger partial charge in [-0.15, -0.1) is 11.8 Å². The van der Waals surface area contributed by atoms with E-state index in [1.54, 1.807) is 0 Å². The molecule has 1 aromatic rings. The fourth-order valence-electron chi connectivity index (χ4n) is 2.79. The topological polar surface area (TPSA) is 15.3 Å².